The molecule has 0 spiro atoms. The number of nitrogens with zero attached hydrogens (tertiary/aromatic N) is 2. The van der Waals surface area contributed by atoms with Gasteiger partial charge in [0, 0.05) is 5.56 Å². The van der Waals surface area contributed by atoms with Crippen molar-refractivity contribution in [3.05, 3.63) is 47.0 Å². The van der Waals surface area contributed by atoms with Crippen LogP contribution in [0.2, 0.25) is 0 Å². The molecule has 0 radical (unpaired) electrons. The van der Waals surface area contributed by atoms with Crippen molar-refractivity contribution in [2.75, 3.05) is 5.73 Å². The monoisotopic (exact) mass is 269 g/mol. The number of hydrogen-bond donors (Lipinski definition) is 1. The largest absolute Gasteiger partial charge is 0.383 e. The number of aldehydes is 1. The maximum atomic E-state index is 11.4. The fourth-order valence-corrected chi connectivity index (χ4v) is 2.17. The average molecular weight is 269 g/mol. The van der Waals surface area contributed by atoms with Gasteiger partial charge in [-0.3, -0.25) is 4.79 Å². The Balaban J connectivity index is 2.64. The number of hydrogen-bond acceptors (Lipinski definition) is 3. The highest BCUT2D eigenvalue weighted by Gasteiger charge is 2.18. The van der Waals surface area contributed by atoms with Gasteiger partial charge in [-0.2, -0.15) is 5.10 Å². The predicted octanol–water partition coefficient (Wildman–Crippen LogP) is 3.14. The number of aryl methyl sites for hydroxylation is 2. The molecule has 1 aromatic heterocycles. The molecule has 2 rings (SSSR count). The van der Waals surface area contributed by atoms with Crippen LogP contribution in [0.15, 0.2) is 30.4 Å². The molecule has 0 saturated carbocycles. The lowest BCUT2D eigenvalue weighted by Gasteiger charge is -2.05. The van der Waals surface area contributed by atoms with Gasteiger partial charge >= 0.3 is 0 Å². The second-order valence-electron chi connectivity index (χ2n) is 5.20. The lowest BCUT2D eigenvalue weighted by molar-refractivity contribution is 0.112. The Kier molecular flexibility index (Phi) is 3.74. The summed E-state index contributed by atoms with van der Waals surface area (Å²) in [5.41, 5.74) is 11.2. The van der Waals surface area contributed by atoms with Gasteiger partial charge in [0.15, 0.2) is 6.29 Å². The summed E-state index contributed by atoms with van der Waals surface area (Å²) in [6.45, 7) is 10.3. The molecular weight excluding hydrogens is 250 g/mol. The average Bonchev–Trinajstić information content (AvgIpc) is 2.68. The Labute approximate surface area is 118 Å². The number of nitrogens with two attached hydrogens (primary N) is 1. The van der Waals surface area contributed by atoms with E-state index in [-0.39, 0.29) is 0 Å². The molecule has 0 fully saturated rings. The quantitative estimate of drug-likeness (QED) is 0.685. The van der Waals surface area contributed by atoms with Gasteiger partial charge in [0.05, 0.1) is 12.1 Å². The highest BCUT2D eigenvalue weighted by Crippen LogP contribution is 2.29. The van der Waals surface area contributed by atoms with Crippen molar-refractivity contribution < 1.29 is 4.79 Å². The highest BCUT2D eigenvalue weighted by atomic mass is 16.1. The summed E-state index contributed by atoms with van der Waals surface area (Å²) in [6.07, 6.45) is 0.772. The Bertz CT molecular complexity index is 683. The molecule has 1 heterocycles. The maximum Gasteiger partial charge on any atom is 0.156 e. The summed E-state index contributed by atoms with van der Waals surface area (Å²) < 4.78 is 1.63. The number of aromatic nitrogens is 2. The third-order valence-electron chi connectivity index (χ3n) is 3.22. The molecule has 0 atom stereocenters. The first kappa shape index (κ1) is 14.1. The van der Waals surface area contributed by atoms with E-state index >= 15 is 0 Å². The van der Waals surface area contributed by atoms with Crippen molar-refractivity contribution in [3.63, 3.8) is 0 Å². The van der Waals surface area contributed by atoms with E-state index in [0.717, 1.165) is 28.5 Å². The number of nitrogen functional groups attached to an aromatic ring is 1. The van der Waals surface area contributed by atoms with Crippen LogP contribution >= 0.6 is 0 Å². The molecule has 0 aliphatic carbocycles. The minimum Gasteiger partial charge on any atom is -0.383 e. The van der Waals surface area contributed by atoms with E-state index in [4.69, 9.17) is 5.73 Å². The number of carbonyl (C=O) groups is 1. The van der Waals surface area contributed by atoms with Crippen molar-refractivity contribution in [2.24, 2.45) is 0 Å². The summed E-state index contributed by atoms with van der Waals surface area (Å²) in [7, 11) is 0. The molecule has 2 N–H and O–H groups in total. The third kappa shape index (κ3) is 2.50. The van der Waals surface area contributed by atoms with Crippen LogP contribution in [-0.2, 0) is 6.54 Å². The number of benzene rings is 1. The zero-order valence-electron chi connectivity index (χ0n) is 12.1. The van der Waals surface area contributed by atoms with E-state index in [1.807, 2.05) is 39.0 Å². The Morgan fingerprint density at radius 3 is 2.75 bits per heavy atom. The summed E-state index contributed by atoms with van der Waals surface area (Å²) >= 11 is 0. The van der Waals surface area contributed by atoms with Crippen LogP contribution in [0.1, 0.15) is 28.4 Å². The first-order valence-electron chi connectivity index (χ1n) is 6.47. The molecule has 0 aliphatic rings. The fraction of sp³-hybridized carbons (Fsp3) is 0.250. The van der Waals surface area contributed by atoms with Crippen molar-refractivity contribution in [1.29, 1.82) is 0 Å². The van der Waals surface area contributed by atoms with Crippen molar-refractivity contribution in [1.82, 2.24) is 9.78 Å². The van der Waals surface area contributed by atoms with Crippen LogP contribution in [0.25, 0.3) is 11.3 Å². The summed E-state index contributed by atoms with van der Waals surface area (Å²) in [6, 6.07) is 6.08. The lowest BCUT2D eigenvalue weighted by atomic mass is 10.0. The first-order chi connectivity index (χ1) is 9.43. The number of rotatable bonds is 4. The van der Waals surface area contributed by atoms with Gasteiger partial charge in [-0.05, 0) is 32.4 Å². The first-order valence-corrected chi connectivity index (χ1v) is 6.47. The van der Waals surface area contributed by atoms with Gasteiger partial charge in [0.1, 0.15) is 11.5 Å². The fourth-order valence-electron chi connectivity index (χ4n) is 2.17. The topological polar surface area (TPSA) is 60.9 Å². The van der Waals surface area contributed by atoms with E-state index in [1.54, 1.807) is 4.68 Å². The standard InChI is InChI=1S/C16H19N3O/c1-10(2)8-19-16(17)14(9-20)15(18-19)13-7-11(3)5-6-12(13)4/h5-7,9H,1,8,17H2,2-4H3. The maximum absolute atomic E-state index is 11.4. The van der Waals surface area contributed by atoms with Crippen molar-refractivity contribution >= 4 is 12.1 Å². The van der Waals surface area contributed by atoms with Gasteiger partial charge < -0.3 is 5.73 Å². The van der Waals surface area contributed by atoms with Crippen molar-refractivity contribution in [3.8, 4) is 11.3 Å². The van der Waals surface area contributed by atoms with E-state index in [2.05, 4.69) is 11.7 Å². The Hall–Kier alpha value is -2.36. The number of anilines is 1. The van der Waals surface area contributed by atoms with Gasteiger partial charge in [-0.25, -0.2) is 4.68 Å². The molecule has 4 heteroatoms. The third-order valence-corrected chi connectivity index (χ3v) is 3.22. The van der Waals surface area contributed by atoms with Gasteiger partial charge in [0.25, 0.3) is 0 Å². The van der Waals surface area contributed by atoms with Gasteiger partial charge in [0.2, 0.25) is 0 Å². The second kappa shape index (κ2) is 5.33. The molecule has 0 amide bonds. The molecule has 104 valence electrons. The number of carbonyl (C=O) groups excluding carboxylic acids is 1. The molecule has 0 aliphatic heterocycles. The Morgan fingerprint density at radius 1 is 1.45 bits per heavy atom. The van der Waals surface area contributed by atoms with E-state index in [0.29, 0.717) is 23.6 Å². The van der Waals surface area contributed by atoms with E-state index < -0.39 is 0 Å². The van der Waals surface area contributed by atoms with Crippen LogP contribution in [0, 0.1) is 13.8 Å². The highest BCUT2D eigenvalue weighted by molar-refractivity contribution is 5.92. The molecule has 4 nitrogen and oxygen atoms in total. The lowest BCUT2D eigenvalue weighted by Crippen LogP contribution is -2.05. The molecule has 20 heavy (non-hydrogen) atoms. The SMILES string of the molecule is C=C(C)Cn1nc(-c2cc(C)ccc2C)c(C=O)c1N. The van der Waals surface area contributed by atoms with E-state index in [9.17, 15) is 4.79 Å². The van der Waals surface area contributed by atoms with Crippen LogP contribution in [0.4, 0.5) is 5.82 Å². The molecule has 0 unspecified atom stereocenters. The van der Waals surface area contributed by atoms with Gasteiger partial charge in [-0.1, -0.05) is 29.8 Å². The molecule has 1 aromatic carbocycles. The molecule has 2 aromatic rings. The van der Waals surface area contributed by atoms with Crippen LogP contribution < -0.4 is 5.73 Å². The molecule has 0 bridgehead atoms. The molecular formula is C16H19N3O. The minimum atomic E-state index is 0.388. The summed E-state index contributed by atoms with van der Waals surface area (Å²) in [5.74, 6) is 0.388. The zero-order valence-corrected chi connectivity index (χ0v) is 12.1. The zero-order chi connectivity index (χ0) is 14.9. The van der Waals surface area contributed by atoms with Crippen molar-refractivity contribution in [2.45, 2.75) is 27.3 Å². The predicted molar refractivity (Wildman–Crippen MR) is 81.8 cm³/mol. The number of allylic oxidation sites excluding steroid dienone is 1. The van der Waals surface area contributed by atoms with Crippen LogP contribution in [0.3, 0.4) is 0 Å². The summed E-state index contributed by atoms with van der Waals surface area (Å²) in [5, 5.41) is 4.49. The second-order valence-corrected chi connectivity index (χ2v) is 5.20. The Morgan fingerprint density at radius 2 is 2.15 bits per heavy atom. The summed E-state index contributed by atoms with van der Waals surface area (Å²) in [4.78, 5) is 11.4. The van der Waals surface area contributed by atoms with Crippen LogP contribution in [0.5, 0.6) is 0 Å². The van der Waals surface area contributed by atoms with Crippen LogP contribution in [-0.4, -0.2) is 16.1 Å². The normalized spacial score (nSPS) is 10.6. The van der Waals surface area contributed by atoms with E-state index in [1.165, 1.54) is 0 Å². The van der Waals surface area contributed by atoms with Gasteiger partial charge in [-0.15, -0.1) is 0 Å². The molecule has 0 saturated heterocycles. The smallest absolute Gasteiger partial charge is 0.156 e. The minimum absolute atomic E-state index is 0.388.